The molecule has 0 spiro atoms. The molecule has 1 heterocycles. The van der Waals surface area contributed by atoms with Gasteiger partial charge in [-0.3, -0.25) is 9.69 Å². The first kappa shape index (κ1) is 18.1. The first-order valence-electron chi connectivity index (χ1n) is 7.40. The van der Waals surface area contributed by atoms with Crippen LogP contribution in [0.15, 0.2) is 47.1 Å². The van der Waals surface area contributed by atoms with Crippen molar-refractivity contribution in [3.8, 4) is 0 Å². The van der Waals surface area contributed by atoms with Gasteiger partial charge in [-0.1, -0.05) is 18.2 Å². The van der Waals surface area contributed by atoms with E-state index < -0.39 is 11.7 Å². The number of rotatable bonds is 6. The second-order valence-electron chi connectivity index (χ2n) is 5.67. The number of hydrogen-bond donors (Lipinski definition) is 1. The fourth-order valence-corrected chi connectivity index (χ4v) is 2.33. The topological polar surface area (TPSA) is 45.5 Å². The van der Waals surface area contributed by atoms with Gasteiger partial charge in [0.1, 0.15) is 5.76 Å². The van der Waals surface area contributed by atoms with Crippen molar-refractivity contribution in [1.29, 1.82) is 0 Å². The van der Waals surface area contributed by atoms with Crippen molar-refractivity contribution in [3.63, 3.8) is 0 Å². The summed E-state index contributed by atoms with van der Waals surface area (Å²) in [5.41, 5.74) is -0.434. The van der Waals surface area contributed by atoms with E-state index in [1.807, 2.05) is 25.1 Å². The van der Waals surface area contributed by atoms with E-state index in [1.54, 1.807) is 12.3 Å². The van der Waals surface area contributed by atoms with Crippen molar-refractivity contribution in [3.05, 3.63) is 59.5 Å². The molecule has 7 heteroatoms. The number of carbonyl (C=O) groups excluding carboxylic acids is 1. The maximum Gasteiger partial charge on any atom is 0.416 e. The van der Waals surface area contributed by atoms with E-state index in [0.29, 0.717) is 17.9 Å². The first-order valence-corrected chi connectivity index (χ1v) is 7.40. The Labute approximate surface area is 138 Å². The Hall–Kier alpha value is -2.28. The Morgan fingerprint density at radius 1 is 1.25 bits per heavy atom. The van der Waals surface area contributed by atoms with Crippen LogP contribution in [-0.2, 0) is 17.4 Å². The third-order valence-electron chi connectivity index (χ3n) is 3.61. The zero-order chi connectivity index (χ0) is 17.7. The summed E-state index contributed by atoms with van der Waals surface area (Å²) in [6.45, 7) is 0.304. The molecular weight excluding hydrogens is 321 g/mol. The lowest BCUT2D eigenvalue weighted by Crippen LogP contribution is -2.35. The third kappa shape index (κ3) is 4.86. The second kappa shape index (κ2) is 7.53. The van der Waals surface area contributed by atoms with Crippen LogP contribution >= 0.6 is 0 Å². The summed E-state index contributed by atoms with van der Waals surface area (Å²) < 4.78 is 43.4. The zero-order valence-electron chi connectivity index (χ0n) is 13.4. The lowest BCUT2D eigenvalue weighted by Gasteiger charge is -2.22. The summed E-state index contributed by atoms with van der Waals surface area (Å²) >= 11 is 0. The number of nitrogens with zero attached hydrogens (tertiary/aromatic N) is 1. The van der Waals surface area contributed by atoms with Crippen molar-refractivity contribution in [2.24, 2.45) is 0 Å². The van der Waals surface area contributed by atoms with E-state index in [1.165, 1.54) is 12.1 Å². The van der Waals surface area contributed by atoms with Gasteiger partial charge in [-0.05, 0) is 37.9 Å². The van der Waals surface area contributed by atoms with Crippen LogP contribution in [0.3, 0.4) is 0 Å². The Morgan fingerprint density at radius 2 is 2.00 bits per heavy atom. The molecule has 1 N–H and O–H groups in total. The SMILES string of the molecule is CN(C)[C@H](CNC(=O)Cc1cccc(C(F)(F)F)c1)c1ccco1. The number of furan rings is 1. The fourth-order valence-electron chi connectivity index (χ4n) is 2.33. The highest BCUT2D eigenvalue weighted by Crippen LogP contribution is 2.29. The highest BCUT2D eigenvalue weighted by molar-refractivity contribution is 5.78. The molecule has 0 saturated heterocycles. The molecule has 0 saturated carbocycles. The monoisotopic (exact) mass is 340 g/mol. The molecule has 0 aliphatic heterocycles. The molecule has 0 aliphatic carbocycles. The normalized spacial score (nSPS) is 13.1. The lowest BCUT2D eigenvalue weighted by atomic mass is 10.1. The van der Waals surface area contributed by atoms with Gasteiger partial charge in [0.2, 0.25) is 5.91 Å². The number of hydrogen-bond acceptors (Lipinski definition) is 3. The molecular formula is C17H19F3N2O2. The van der Waals surface area contributed by atoms with Crippen LogP contribution in [0.25, 0.3) is 0 Å². The molecule has 4 nitrogen and oxygen atoms in total. The Morgan fingerprint density at radius 3 is 2.58 bits per heavy atom. The van der Waals surface area contributed by atoms with Gasteiger partial charge in [0, 0.05) is 6.54 Å². The van der Waals surface area contributed by atoms with Crippen molar-refractivity contribution >= 4 is 5.91 Å². The molecule has 24 heavy (non-hydrogen) atoms. The van der Waals surface area contributed by atoms with Gasteiger partial charge < -0.3 is 9.73 Å². The fraction of sp³-hybridized carbons (Fsp3) is 0.353. The van der Waals surface area contributed by atoms with Gasteiger partial charge in [-0.2, -0.15) is 13.2 Å². The molecule has 1 aromatic carbocycles. The molecule has 0 aliphatic rings. The Kier molecular flexibility index (Phi) is 5.66. The largest absolute Gasteiger partial charge is 0.468 e. The van der Waals surface area contributed by atoms with Gasteiger partial charge >= 0.3 is 6.18 Å². The molecule has 0 bridgehead atoms. The van der Waals surface area contributed by atoms with Gasteiger partial charge in [0.25, 0.3) is 0 Å². The second-order valence-corrected chi connectivity index (χ2v) is 5.67. The van der Waals surface area contributed by atoms with Gasteiger partial charge in [0.05, 0.1) is 24.3 Å². The van der Waals surface area contributed by atoms with Crippen molar-refractivity contribution in [2.75, 3.05) is 20.6 Å². The number of amides is 1. The van der Waals surface area contributed by atoms with E-state index in [2.05, 4.69) is 5.32 Å². The van der Waals surface area contributed by atoms with Crippen LogP contribution in [-0.4, -0.2) is 31.4 Å². The standard InChI is InChI=1S/C17H19F3N2O2/c1-22(2)14(15-7-4-8-24-15)11-21-16(23)10-12-5-3-6-13(9-12)17(18,19)20/h3-9,14H,10-11H2,1-2H3,(H,21,23)/t14-/m1/s1. The predicted molar refractivity (Wildman–Crippen MR) is 83.3 cm³/mol. The van der Waals surface area contributed by atoms with Crippen LogP contribution in [0.4, 0.5) is 13.2 Å². The van der Waals surface area contributed by atoms with E-state index in [0.717, 1.165) is 12.1 Å². The van der Waals surface area contributed by atoms with E-state index in [9.17, 15) is 18.0 Å². The summed E-state index contributed by atoms with van der Waals surface area (Å²) in [6.07, 6.45) is -2.97. The molecule has 1 amide bonds. The minimum absolute atomic E-state index is 0.109. The average molecular weight is 340 g/mol. The van der Waals surface area contributed by atoms with Gasteiger partial charge in [-0.15, -0.1) is 0 Å². The molecule has 0 unspecified atom stereocenters. The number of likely N-dealkylation sites (N-methyl/N-ethyl adjacent to an activating group) is 1. The number of benzene rings is 1. The zero-order valence-corrected chi connectivity index (χ0v) is 13.4. The summed E-state index contributed by atoms with van der Waals surface area (Å²) in [5.74, 6) is 0.368. The molecule has 2 rings (SSSR count). The van der Waals surface area contributed by atoms with Crippen LogP contribution in [0.2, 0.25) is 0 Å². The third-order valence-corrected chi connectivity index (χ3v) is 3.61. The van der Waals surface area contributed by atoms with Gasteiger partial charge in [0.15, 0.2) is 0 Å². The van der Waals surface area contributed by atoms with Crippen LogP contribution in [0.5, 0.6) is 0 Å². The lowest BCUT2D eigenvalue weighted by molar-refractivity contribution is -0.137. The maximum absolute atomic E-state index is 12.7. The number of carbonyl (C=O) groups is 1. The average Bonchev–Trinajstić information content (AvgIpc) is 3.00. The minimum atomic E-state index is -4.41. The van der Waals surface area contributed by atoms with Crippen LogP contribution in [0.1, 0.15) is 22.9 Å². The summed E-state index contributed by atoms with van der Waals surface area (Å²) in [5, 5.41) is 2.74. The molecule has 1 atom stereocenters. The summed E-state index contributed by atoms with van der Waals surface area (Å²) in [6, 6.07) is 8.21. The highest BCUT2D eigenvalue weighted by atomic mass is 19.4. The molecule has 0 radical (unpaired) electrons. The number of alkyl halides is 3. The summed E-state index contributed by atoms with van der Waals surface area (Å²) in [4.78, 5) is 13.9. The Bertz CT molecular complexity index is 667. The highest BCUT2D eigenvalue weighted by Gasteiger charge is 2.30. The minimum Gasteiger partial charge on any atom is -0.468 e. The van der Waals surface area contributed by atoms with E-state index in [4.69, 9.17) is 4.42 Å². The smallest absolute Gasteiger partial charge is 0.416 e. The van der Waals surface area contributed by atoms with Crippen molar-refractivity contribution in [2.45, 2.75) is 18.6 Å². The molecule has 1 aromatic heterocycles. The quantitative estimate of drug-likeness (QED) is 0.878. The first-order chi connectivity index (χ1) is 11.3. The van der Waals surface area contributed by atoms with Crippen LogP contribution in [0, 0.1) is 0 Å². The summed E-state index contributed by atoms with van der Waals surface area (Å²) in [7, 11) is 3.71. The van der Waals surface area contributed by atoms with Gasteiger partial charge in [-0.25, -0.2) is 0 Å². The maximum atomic E-state index is 12.7. The van der Waals surface area contributed by atoms with Crippen molar-refractivity contribution < 1.29 is 22.4 Å². The number of nitrogens with one attached hydrogen (secondary N) is 1. The predicted octanol–water partition coefficient (Wildman–Crippen LogP) is 3.26. The van der Waals surface area contributed by atoms with E-state index in [-0.39, 0.29) is 18.4 Å². The molecule has 2 aromatic rings. The van der Waals surface area contributed by atoms with E-state index >= 15 is 0 Å². The Balaban J connectivity index is 1.96. The molecule has 130 valence electrons. The van der Waals surface area contributed by atoms with Crippen LogP contribution < -0.4 is 5.32 Å². The molecule has 0 fully saturated rings. The number of halogens is 3. The van der Waals surface area contributed by atoms with Crippen molar-refractivity contribution in [1.82, 2.24) is 10.2 Å².